The van der Waals surface area contributed by atoms with E-state index in [0.29, 0.717) is 37.1 Å². The molecular weight excluding hydrogens is 472 g/mol. The van der Waals surface area contributed by atoms with Crippen LogP contribution in [0.2, 0.25) is 0 Å². The number of carbonyl (C=O) groups excluding carboxylic acids is 1. The lowest BCUT2D eigenvalue weighted by Crippen LogP contribution is -2.67. The van der Waals surface area contributed by atoms with Crippen LogP contribution in [-0.2, 0) is 14.2 Å². The molecule has 2 saturated carbocycles. The second-order valence-electron chi connectivity index (χ2n) is 11.6. The number of carbonyl (C=O) groups is 1. The number of nitrogens with one attached hydrogen (secondary N) is 1. The summed E-state index contributed by atoms with van der Waals surface area (Å²) in [7, 11) is 5.16. The van der Waals surface area contributed by atoms with E-state index in [0.717, 1.165) is 6.42 Å². The molecule has 5 N–H and O–H groups in total. The van der Waals surface area contributed by atoms with Crippen LogP contribution in [0.4, 0.5) is 5.69 Å². The van der Waals surface area contributed by atoms with Crippen LogP contribution < -0.4 is 11.1 Å². The molecule has 0 spiro atoms. The summed E-state index contributed by atoms with van der Waals surface area (Å²) >= 11 is 0. The Morgan fingerprint density at radius 3 is 2.43 bits per heavy atom. The quantitative estimate of drug-likeness (QED) is 0.259. The summed E-state index contributed by atoms with van der Waals surface area (Å²) in [6.07, 6.45) is 1.26. The van der Waals surface area contributed by atoms with E-state index in [2.05, 4.69) is 19.2 Å². The van der Waals surface area contributed by atoms with Crippen molar-refractivity contribution in [2.45, 2.75) is 82.9 Å². The van der Waals surface area contributed by atoms with Gasteiger partial charge in [-0.1, -0.05) is 32.9 Å². The van der Waals surface area contributed by atoms with Gasteiger partial charge in [-0.3, -0.25) is 0 Å². The fourth-order valence-corrected chi connectivity index (χ4v) is 7.32. The third-order valence-electron chi connectivity index (χ3n) is 9.35. The number of methoxy groups -OCH3 is 2. The number of fused-ring (bicyclic) bond motifs is 2. The van der Waals surface area contributed by atoms with Crippen LogP contribution in [0.25, 0.3) is 0 Å². The minimum absolute atomic E-state index is 0.0105. The normalized spacial score (nSPS) is 34.1. The smallest absolute Gasteiger partial charge is 0.340 e. The highest BCUT2D eigenvalue weighted by Crippen LogP contribution is 2.56. The molecule has 9 atom stereocenters. The monoisotopic (exact) mass is 520 g/mol. The number of aliphatic hydroxyl groups is 2. The number of hydrogen-bond acceptors (Lipinski definition) is 8. The molecule has 2 aliphatic carbocycles. The Balaban J connectivity index is 1.92. The van der Waals surface area contributed by atoms with Crippen molar-refractivity contribution in [2.75, 3.05) is 33.5 Å². The van der Waals surface area contributed by atoms with E-state index in [9.17, 15) is 15.0 Å². The number of esters is 1. The van der Waals surface area contributed by atoms with Gasteiger partial charge in [0.05, 0.1) is 17.8 Å². The largest absolute Gasteiger partial charge is 0.459 e. The summed E-state index contributed by atoms with van der Waals surface area (Å²) in [4.78, 5) is 12.9. The van der Waals surface area contributed by atoms with E-state index in [1.54, 1.807) is 38.5 Å². The standard InChI is InChI=1S/C29H48N2O6/c1-17(2)22(19(4)37-27(32)21-10-8-9-11-24(21)30)15-20(16-31-5)28(33)13-12-25(35-6)23-14-18(3)29(28,34)26(23)36-7/h8-11,17-20,22-23,25-26,31,33-34H,12-16,30H2,1-7H3/t18?,19-,20+,22?,23-,25-,26+,28+,29+/m1/s1. The molecule has 1 aromatic rings. The van der Waals surface area contributed by atoms with Crippen molar-refractivity contribution in [3.05, 3.63) is 29.8 Å². The van der Waals surface area contributed by atoms with E-state index in [4.69, 9.17) is 19.9 Å². The van der Waals surface area contributed by atoms with E-state index < -0.39 is 29.4 Å². The van der Waals surface area contributed by atoms with Crippen molar-refractivity contribution in [3.8, 4) is 0 Å². The van der Waals surface area contributed by atoms with Crippen LogP contribution in [0, 0.1) is 29.6 Å². The number of ether oxygens (including phenoxy) is 3. The Kier molecular flexibility index (Phi) is 9.67. The molecule has 1 aromatic carbocycles. The van der Waals surface area contributed by atoms with Gasteiger partial charge in [-0.2, -0.15) is 0 Å². The second-order valence-corrected chi connectivity index (χ2v) is 11.6. The summed E-state index contributed by atoms with van der Waals surface area (Å²) in [6, 6.07) is 6.89. The first-order valence-corrected chi connectivity index (χ1v) is 13.7. The summed E-state index contributed by atoms with van der Waals surface area (Å²) in [5.74, 6) is -0.821. The first-order valence-electron chi connectivity index (χ1n) is 13.7. The third kappa shape index (κ3) is 5.41. The van der Waals surface area contributed by atoms with Gasteiger partial charge in [-0.25, -0.2) is 4.79 Å². The summed E-state index contributed by atoms with van der Waals surface area (Å²) in [6.45, 7) is 8.60. The molecule has 3 rings (SSSR count). The van der Waals surface area contributed by atoms with Crippen molar-refractivity contribution >= 4 is 11.7 Å². The van der Waals surface area contributed by atoms with Crippen LogP contribution in [0.1, 0.15) is 63.7 Å². The topological polar surface area (TPSA) is 123 Å². The minimum Gasteiger partial charge on any atom is -0.459 e. The van der Waals surface area contributed by atoms with Crippen LogP contribution in [-0.4, -0.2) is 73.5 Å². The van der Waals surface area contributed by atoms with Crippen LogP contribution in [0.3, 0.4) is 0 Å². The van der Waals surface area contributed by atoms with Gasteiger partial charge in [0.25, 0.3) is 0 Å². The fourth-order valence-electron chi connectivity index (χ4n) is 7.32. The lowest BCUT2D eigenvalue weighted by molar-refractivity contribution is -0.239. The third-order valence-corrected chi connectivity index (χ3v) is 9.35. The minimum atomic E-state index is -1.43. The molecule has 37 heavy (non-hydrogen) atoms. The lowest BCUT2D eigenvalue weighted by atomic mass is 9.63. The van der Waals surface area contributed by atoms with E-state index >= 15 is 0 Å². The van der Waals surface area contributed by atoms with E-state index in [1.165, 1.54) is 0 Å². The van der Waals surface area contributed by atoms with Gasteiger partial charge in [-0.15, -0.1) is 0 Å². The van der Waals surface area contributed by atoms with Crippen molar-refractivity contribution in [1.82, 2.24) is 5.32 Å². The maximum Gasteiger partial charge on any atom is 0.340 e. The van der Waals surface area contributed by atoms with Crippen molar-refractivity contribution in [3.63, 3.8) is 0 Å². The highest BCUT2D eigenvalue weighted by atomic mass is 16.5. The molecule has 0 aromatic heterocycles. The maximum atomic E-state index is 12.9. The Morgan fingerprint density at radius 1 is 1.19 bits per heavy atom. The number of hydrogen-bond donors (Lipinski definition) is 4. The lowest BCUT2D eigenvalue weighted by Gasteiger charge is -2.51. The number of nitrogens with two attached hydrogens (primary N) is 1. The number of anilines is 1. The summed E-state index contributed by atoms with van der Waals surface area (Å²) < 4.78 is 17.7. The number of benzene rings is 1. The average Bonchev–Trinajstić information content (AvgIpc) is 3.07. The summed E-state index contributed by atoms with van der Waals surface area (Å²) in [5.41, 5.74) is 3.88. The average molecular weight is 521 g/mol. The van der Waals surface area contributed by atoms with Crippen molar-refractivity contribution in [1.29, 1.82) is 0 Å². The molecule has 0 aliphatic heterocycles. The first-order chi connectivity index (χ1) is 17.5. The Morgan fingerprint density at radius 2 is 1.86 bits per heavy atom. The molecule has 2 fully saturated rings. The van der Waals surface area contributed by atoms with E-state index in [1.807, 2.05) is 20.9 Å². The Labute approximate surface area is 222 Å². The van der Waals surface area contributed by atoms with Crippen LogP contribution in [0.5, 0.6) is 0 Å². The number of nitrogen functional groups attached to an aromatic ring is 1. The predicted molar refractivity (Wildman–Crippen MR) is 144 cm³/mol. The second kappa shape index (κ2) is 12.0. The molecule has 2 unspecified atom stereocenters. The maximum absolute atomic E-state index is 12.9. The van der Waals surface area contributed by atoms with Gasteiger partial charge in [0.2, 0.25) is 0 Å². The molecule has 2 bridgehead atoms. The predicted octanol–water partition coefficient (Wildman–Crippen LogP) is 3.25. The molecule has 2 aliphatic rings. The zero-order chi connectivity index (χ0) is 27.5. The van der Waals surface area contributed by atoms with Crippen molar-refractivity contribution < 1.29 is 29.2 Å². The molecule has 0 heterocycles. The Bertz CT molecular complexity index is 912. The van der Waals surface area contributed by atoms with Crippen LogP contribution in [0.15, 0.2) is 24.3 Å². The number of para-hydroxylation sites is 1. The highest BCUT2D eigenvalue weighted by molar-refractivity contribution is 5.95. The van der Waals surface area contributed by atoms with E-state index in [-0.39, 0.29) is 35.7 Å². The summed E-state index contributed by atoms with van der Waals surface area (Å²) in [5, 5.41) is 28.1. The molecule has 0 amide bonds. The van der Waals surface area contributed by atoms with Gasteiger partial charge in [0.1, 0.15) is 17.3 Å². The molecule has 8 heteroatoms. The zero-order valence-electron chi connectivity index (χ0n) is 23.6. The molecule has 8 nitrogen and oxygen atoms in total. The Hall–Kier alpha value is -1.71. The van der Waals surface area contributed by atoms with Crippen molar-refractivity contribution in [2.24, 2.45) is 29.6 Å². The SMILES string of the molecule is CNC[C@H](CC(C(C)C)[C@@H](C)OC(=O)c1ccccc1N)[C@@]1(O)CC[C@@H](OC)[C@H]2CC(C)[C@]1(O)[C@H]2OC. The van der Waals surface area contributed by atoms with Gasteiger partial charge >= 0.3 is 5.97 Å². The highest BCUT2D eigenvalue weighted by Gasteiger charge is 2.68. The van der Waals surface area contributed by atoms with Gasteiger partial charge in [0, 0.05) is 38.3 Å². The molecule has 210 valence electrons. The molecular formula is C29H48N2O6. The first kappa shape index (κ1) is 29.8. The van der Waals surface area contributed by atoms with Gasteiger partial charge < -0.3 is 35.5 Å². The fraction of sp³-hybridized carbons (Fsp3) is 0.759. The zero-order valence-corrected chi connectivity index (χ0v) is 23.6. The van der Waals surface area contributed by atoms with Gasteiger partial charge in [-0.05, 0) is 69.5 Å². The number of rotatable bonds is 11. The van der Waals surface area contributed by atoms with Gasteiger partial charge in [0.15, 0.2) is 0 Å². The molecule has 0 radical (unpaired) electrons. The molecule has 0 saturated heterocycles. The van der Waals surface area contributed by atoms with Crippen LogP contribution >= 0.6 is 0 Å².